The van der Waals surface area contributed by atoms with Gasteiger partial charge in [-0.1, -0.05) is 17.7 Å². The highest BCUT2D eigenvalue weighted by Gasteiger charge is 2.18. The van der Waals surface area contributed by atoms with E-state index in [9.17, 15) is 4.79 Å². The van der Waals surface area contributed by atoms with Crippen LogP contribution in [-0.4, -0.2) is 22.8 Å². The van der Waals surface area contributed by atoms with Crippen molar-refractivity contribution in [3.63, 3.8) is 0 Å². The fourth-order valence-corrected chi connectivity index (χ4v) is 2.40. The Morgan fingerprint density at radius 2 is 2.33 bits per heavy atom. The first kappa shape index (κ1) is 12.9. The fourth-order valence-electron chi connectivity index (χ4n) is 1.59. The Hall–Kier alpha value is -1.59. The first-order valence-corrected chi connectivity index (χ1v) is 6.58. The third kappa shape index (κ3) is 2.63. The lowest BCUT2D eigenvalue weighted by Crippen LogP contribution is -2.27. The van der Waals surface area contributed by atoms with Crippen LogP contribution in [0.2, 0.25) is 5.02 Å². The number of aromatic nitrogens is 1. The number of thiazole rings is 1. The number of anilines is 1. The Morgan fingerprint density at radius 3 is 2.94 bits per heavy atom. The molecular formula is C12H12ClN3OS. The molecule has 0 saturated heterocycles. The van der Waals surface area contributed by atoms with Crippen molar-refractivity contribution in [3.05, 3.63) is 45.4 Å². The van der Waals surface area contributed by atoms with Crippen molar-refractivity contribution in [2.45, 2.75) is 6.54 Å². The number of nitrogens with zero attached hydrogens (tertiary/aromatic N) is 2. The molecule has 0 spiro atoms. The summed E-state index contributed by atoms with van der Waals surface area (Å²) < 4.78 is 0. The minimum atomic E-state index is -0.203. The van der Waals surface area contributed by atoms with Crippen molar-refractivity contribution in [1.82, 2.24) is 9.88 Å². The van der Waals surface area contributed by atoms with Gasteiger partial charge in [0.1, 0.15) is 0 Å². The molecule has 0 saturated carbocycles. The van der Waals surface area contributed by atoms with Gasteiger partial charge < -0.3 is 10.6 Å². The number of hydrogen-bond donors (Lipinski definition) is 1. The summed E-state index contributed by atoms with van der Waals surface area (Å²) in [6, 6.07) is 5.03. The van der Waals surface area contributed by atoms with E-state index < -0.39 is 0 Å². The van der Waals surface area contributed by atoms with Gasteiger partial charge in [0.05, 0.1) is 28.3 Å². The second kappa shape index (κ2) is 5.37. The van der Waals surface area contributed by atoms with E-state index in [0.717, 1.165) is 5.69 Å². The minimum Gasteiger partial charge on any atom is -0.398 e. The maximum absolute atomic E-state index is 12.2. The molecular weight excluding hydrogens is 270 g/mol. The zero-order valence-corrected chi connectivity index (χ0v) is 11.3. The predicted octanol–water partition coefficient (Wildman–Crippen LogP) is 2.65. The number of hydrogen-bond acceptors (Lipinski definition) is 4. The van der Waals surface area contributed by atoms with Crippen molar-refractivity contribution in [1.29, 1.82) is 0 Å². The second-order valence-electron chi connectivity index (χ2n) is 3.85. The van der Waals surface area contributed by atoms with Crippen LogP contribution in [-0.2, 0) is 6.54 Å². The molecule has 0 fully saturated rings. The van der Waals surface area contributed by atoms with Gasteiger partial charge >= 0.3 is 0 Å². The minimum absolute atomic E-state index is 0.203. The number of amides is 1. The average molecular weight is 282 g/mol. The molecule has 4 nitrogen and oxygen atoms in total. The number of carbonyl (C=O) groups is 1. The molecule has 0 unspecified atom stereocenters. The maximum Gasteiger partial charge on any atom is 0.257 e. The molecule has 0 aliphatic heterocycles. The highest BCUT2D eigenvalue weighted by Crippen LogP contribution is 2.23. The van der Waals surface area contributed by atoms with E-state index in [4.69, 9.17) is 17.3 Å². The summed E-state index contributed by atoms with van der Waals surface area (Å²) in [7, 11) is 1.70. The van der Waals surface area contributed by atoms with Gasteiger partial charge in [0.25, 0.3) is 5.91 Å². The van der Waals surface area contributed by atoms with Crippen LogP contribution in [0.4, 0.5) is 5.69 Å². The van der Waals surface area contributed by atoms with E-state index in [1.54, 1.807) is 35.7 Å². The topological polar surface area (TPSA) is 59.2 Å². The standard InChI is InChI=1S/C12H12ClN3OS/c1-16(5-8-6-18-7-15-8)12(17)11-9(13)3-2-4-10(11)14/h2-4,6-7H,5,14H2,1H3. The summed E-state index contributed by atoms with van der Waals surface area (Å²) in [6.07, 6.45) is 0. The molecule has 94 valence electrons. The van der Waals surface area contributed by atoms with Crippen molar-refractivity contribution >= 4 is 34.5 Å². The van der Waals surface area contributed by atoms with Gasteiger partial charge in [-0.25, -0.2) is 4.98 Å². The second-order valence-corrected chi connectivity index (χ2v) is 4.97. The van der Waals surface area contributed by atoms with Gasteiger partial charge in [0.15, 0.2) is 0 Å². The zero-order chi connectivity index (χ0) is 13.1. The molecule has 0 bridgehead atoms. The smallest absolute Gasteiger partial charge is 0.257 e. The molecule has 0 radical (unpaired) electrons. The van der Waals surface area contributed by atoms with Crippen LogP contribution in [0, 0.1) is 0 Å². The summed E-state index contributed by atoms with van der Waals surface area (Å²) in [5.41, 5.74) is 9.10. The number of halogens is 1. The van der Waals surface area contributed by atoms with Crippen LogP contribution in [0.3, 0.4) is 0 Å². The molecule has 1 aromatic carbocycles. The van der Waals surface area contributed by atoms with E-state index in [-0.39, 0.29) is 5.91 Å². The Balaban J connectivity index is 2.21. The molecule has 2 N–H and O–H groups in total. The van der Waals surface area contributed by atoms with Gasteiger partial charge in [-0.05, 0) is 12.1 Å². The fraction of sp³-hybridized carbons (Fsp3) is 0.167. The first-order chi connectivity index (χ1) is 8.59. The van der Waals surface area contributed by atoms with E-state index >= 15 is 0 Å². The number of rotatable bonds is 3. The monoisotopic (exact) mass is 281 g/mol. The van der Waals surface area contributed by atoms with Gasteiger partial charge in [0, 0.05) is 18.1 Å². The maximum atomic E-state index is 12.2. The van der Waals surface area contributed by atoms with Crippen LogP contribution < -0.4 is 5.73 Å². The van der Waals surface area contributed by atoms with Gasteiger partial charge in [-0.3, -0.25) is 4.79 Å². The number of nitrogens with two attached hydrogens (primary N) is 1. The van der Waals surface area contributed by atoms with Crippen LogP contribution in [0.1, 0.15) is 16.1 Å². The first-order valence-electron chi connectivity index (χ1n) is 5.26. The van der Waals surface area contributed by atoms with Gasteiger partial charge in [-0.15, -0.1) is 11.3 Å². The Morgan fingerprint density at radius 1 is 1.56 bits per heavy atom. The number of carbonyl (C=O) groups excluding carboxylic acids is 1. The Kier molecular flexibility index (Phi) is 3.84. The Bertz CT molecular complexity index is 536. The summed E-state index contributed by atoms with van der Waals surface area (Å²) >= 11 is 7.50. The molecule has 0 aliphatic carbocycles. The lowest BCUT2D eigenvalue weighted by Gasteiger charge is -2.17. The molecule has 1 heterocycles. The lowest BCUT2D eigenvalue weighted by molar-refractivity contribution is 0.0785. The largest absolute Gasteiger partial charge is 0.398 e. The highest BCUT2D eigenvalue weighted by atomic mass is 35.5. The summed E-state index contributed by atoms with van der Waals surface area (Å²) in [5.74, 6) is -0.203. The summed E-state index contributed by atoms with van der Waals surface area (Å²) in [4.78, 5) is 17.9. The van der Waals surface area contributed by atoms with E-state index in [1.165, 1.54) is 11.3 Å². The van der Waals surface area contributed by atoms with Crippen molar-refractivity contribution < 1.29 is 4.79 Å². The highest BCUT2D eigenvalue weighted by molar-refractivity contribution is 7.07. The molecule has 6 heteroatoms. The predicted molar refractivity (Wildman–Crippen MR) is 73.8 cm³/mol. The molecule has 0 aliphatic rings. The molecule has 18 heavy (non-hydrogen) atoms. The van der Waals surface area contributed by atoms with Crippen molar-refractivity contribution in [2.24, 2.45) is 0 Å². The average Bonchev–Trinajstić information content (AvgIpc) is 2.81. The lowest BCUT2D eigenvalue weighted by atomic mass is 10.1. The third-order valence-corrected chi connectivity index (χ3v) is 3.44. The van der Waals surface area contributed by atoms with Crippen LogP contribution in [0.15, 0.2) is 29.1 Å². The number of nitrogen functional groups attached to an aromatic ring is 1. The molecule has 2 rings (SSSR count). The zero-order valence-electron chi connectivity index (χ0n) is 9.76. The summed E-state index contributed by atoms with van der Waals surface area (Å²) in [5, 5.41) is 2.27. The van der Waals surface area contributed by atoms with E-state index in [0.29, 0.717) is 22.8 Å². The molecule has 0 atom stereocenters. The normalized spacial score (nSPS) is 10.3. The van der Waals surface area contributed by atoms with Gasteiger partial charge in [-0.2, -0.15) is 0 Å². The molecule has 1 amide bonds. The SMILES string of the molecule is CN(Cc1cscn1)C(=O)c1c(N)cccc1Cl. The number of benzene rings is 1. The molecule has 2 aromatic rings. The third-order valence-electron chi connectivity index (χ3n) is 2.49. The van der Waals surface area contributed by atoms with Crippen molar-refractivity contribution in [2.75, 3.05) is 12.8 Å². The van der Waals surface area contributed by atoms with E-state index in [1.807, 2.05) is 5.38 Å². The van der Waals surface area contributed by atoms with Crippen LogP contribution in [0.5, 0.6) is 0 Å². The van der Waals surface area contributed by atoms with Crippen molar-refractivity contribution in [3.8, 4) is 0 Å². The van der Waals surface area contributed by atoms with Gasteiger partial charge in [0.2, 0.25) is 0 Å². The molecule has 1 aromatic heterocycles. The van der Waals surface area contributed by atoms with E-state index in [2.05, 4.69) is 4.98 Å². The summed E-state index contributed by atoms with van der Waals surface area (Å²) in [6.45, 7) is 0.437. The Labute approximate surface area is 114 Å². The van der Waals surface area contributed by atoms with Crippen LogP contribution in [0.25, 0.3) is 0 Å². The quantitative estimate of drug-likeness (QED) is 0.880. The van der Waals surface area contributed by atoms with Crippen LogP contribution >= 0.6 is 22.9 Å².